The molecule has 0 fully saturated rings. The van der Waals surface area contributed by atoms with E-state index in [-0.39, 0.29) is 0 Å². The second-order valence-corrected chi connectivity index (χ2v) is 5.42. The second-order valence-electron chi connectivity index (χ2n) is 4.98. The first-order valence-corrected chi connectivity index (χ1v) is 7.01. The van der Waals surface area contributed by atoms with Gasteiger partial charge < -0.3 is 9.32 Å². The lowest BCUT2D eigenvalue weighted by molar-refractivity contribution is 0.590. The molecule has 0 bridgehead atoms. The van der Waals surface area contributed by atoms with Crippen LogP contribution in [0, 0.1) is 0 Å². The number of aromatic nitrogens is 1. The van der Waals surface area contributed by atoms with Crippen molar-refractivity contribution in [2.45, 2.75) is 0 Å². The molecule has 0 aliphatic rings. The zero-order valence-electron chi connectivity index (χ0n) is 11.9. The summed E-state index contributed by atoms with van der Waals surface area (Å²) in [5, 5.41) is 0.658. The van der Waals surface area contributed by atoms with Crippen molar-refractivity contribution in [1.29, 1.82) is 0 Å². The first-order valence-electron chi connectivity index (χ1n) is 6.63. The Balaban J connectivity index is 1.83. The summed E-state index contributed by atoms with van der Waals surface area (Å²) in [6.07, 6.45) is 3.84. The quantitative estimate of drug-likeness (QED) is 0.701. The van der Waals surface area contributed by atoms with E-state index in [4.69, 9.17) is 16.0 Å². The predicted octanol–water partition coefficient (Wildman–Crippen LogP) is 4.72. The smallest absolute Gasteiger partial charge is 0.220 e. The van der Waals surface area contributed by atoms with Gasteiger partial charge in [0.15, 0.2) is 5.58 Å². The zero-order chi connectivity index (χ0) is 14.8. The van der Waals surface area contributed by atoms with Gasteiger partial charge in [-0.15, -0.1) is 0 Å². The summed E-state index contributed by atoms with van der Waals surface area (Å²) in [7, 11) is 4.04. The number of benzene rings is 2. The summed E-state index contributed by atoms with van der Waals surface area (Å²) in [6.45, 7) is 0. The summed E-state index contributed by atoms with van der Waals surface area (Å²) >= 11 is 5.94. The Hall–Kier alpha value is -2.26. The number of halogens is 1. The molecule has 3 rings (SSSR count). The van der Waals surface area contributed by atoms with Gasteiger partial charge >= 0.3 is 0 Å². The molecule has 21 heavy (non-hydrogen) atoms. The minimum atomic E-state index is 0.573. The van der Waals surface area contributed by atoms with Crippen LogP contribution in [0.3, 0.4) is 0 Å². The van der Waals surface area contributed by atoms with Gasteiger partial charge in [-0.05, 0) is 42.0 Å². The van der Waals surface area contributed by atoms with E-state index < -0.39 is 0 Å². The average molecular weight is 299 g/mol. The Morgan fingerprint density at radius 1 is 1.05 bits per heavy atom. The van der Waals surface area contributed by atoms with E-state index in [9.17, 15) is 0 Å². The number of nitrogens with zero attached hydrogens (tertiary/aromatic N) is 2. The summed E-state index contributed by atoms with van der Waals surface area (Å²) in [5.74, 6) is 0.573. The van der Waals surface area contributed by atoms with E-state index in [1.165, 1.54) is 5.69 Å². The molecule has 0 aliphatic heterocycles. The van der Waals surface area contributed by atoms with Crippen molar-refractivity contribution < 1.29 is 4.42 Å². The van der Waals surface area contributed by atoms with Gasteiger partial charge in [0.1, 0.15) is 5.52 Å². The van der Waals surface area contributed by atoms with E-state index in [1.807, 2.05) is 32.3 Å². The molecule has 2 aromatic carbocycles. The lowest BCUT2D eigenvalue weighted by Crippen LogP contribution is -2.07. The maximum absolute atomic E-state index is 5.94. The van der Waals surface area contributed by atoms with Crippen LogP contribution in [0.1, 0.15) is 11.5 Å². The highest BCUT2D eigenvalue weighted by Crippen LogP contribution is 2.21. The van der Waals surface area contributed by atoms with Crippen LogP contribution in [0.25, 0.3) is 23.3 Å². The van der Waals surface area contributed by atoms with Crippen LogP contribution in [0.4, 0.5) is 5.69 Å². The number of rotatable bonds is 3. The van der Waals surface area contributed by atoms with E-state index in [0.29, 0.717) is 10.9 Å². The Morgan fingerprint density at radius 2 is 1.81 bits per heavy atom. The Bertz CT molecular complexity index is 788. The Morgan fingerprint density at radius 3 is 2.52 bits per heavy atom. The molecule has 3 nitrogen and oxygen atoms in total. The lowest BCUT2D eigenvalue weighted by atomic mass is 10.2. The maximum Gasteiger partial charge on any atom is 0.220 e. The van der Waals surface area contributed by atoms with Crippen LogP contribution in [0.5, 0.6) is 0 Å². The second kappa shape index (κ2) is 5.62. The van der Waals surface area contributed by atoms with Gasteiger partial charge in [0.05, 0.1) is 0 Å². The van der Waals surface area contributed by atoms with Crippen molar-refractivity contribution in [2.24, 2.45) is 0 Å². The number of hydrogen-bond donors (Lipinski definition) is 0. The maximum atomic E-state index is 5.94. The fourth-order valence-corrected chi connectivity index (χ4v) is 2.21. The topological polar surface area (TPSA) is 29.3 Å². The molecule has 0 N–H and O–H groups in total. The Labute approximate surface area is 128 Å². The van der Waals surface area contributed by atoms with Crippen molar-refractivity contribution >= 4 is 40.5 Å². The summed E-state index contributed by atoms with van der Waals surface area (Å²) in [5.41, 5.74) is 3.77. The summed E-state index contributed by atoms with van der Waals surface area (Å²) < 4.78 is 5.64. The van der Waals surface area contributed by atoms with Crippen LogP contribution in [-0.4, -0.2) is 19.1 Å². The van der Waals surface area contributed by atoms with Gasteiger partial charge in [-0.2, -0.15) is 0 Å². The molecule has 0 spiro atoms. The van der Waals surface area contributed by atoms with Crippen LogP contribution in [-0.2, 0) is 0 Å². The van der Waals surface area contributed by atoms with E-state index in [0.717, 1.165) is 16.7 Å². The van der Waals surface area contributed by atoms with Crippen molar-refractivity contribution in [3.8, 4) is 0 Å². The van der Waals surface area contributed by atoms with E-state index >= 15 is 0 Å². The highest BCUT2D eigenvalue weighted by atomic mass is 35.5. The highest BCUT2D eigenvalue weighted by Gasteiger charge is 2.03. The number of anilines is 1. The van der Waals surface area contributed by atoms with Crippen LogP contribution in [0.2, 0.25) is 5.02 Å². The minimum Gasteiger partial charge on any atom is -0.437 e. The first kappa shape index (κ1) is 13.7. The Kier molecular flexibility index (Phi) is 3.67. The molecule has 0 atom stereocenters. The predicted molar refractivity (Wildman–Crippen MR) is 88.7 cm³/mol. The summed E-state index contributed by atoms with van der Waals surface area (Å²) in [4.78, 5) is 6.46. The van der Waals surface area contributed by atoms with Crippen molar-refractivity contribution in [3.63, 3.8) is 0 Å². The average Bonchev–Trinajstić information content (AvgIpc) is 2.87. The fraction of sp³-hybridized carbons (Fsp3) is 0.118. The molecule has 0 saturated heterocycles. The van der Waals surface area contributed by atoms with Gasteiger partial charge in [-0.3, -0.25) is 0 Å². The molecule has 0 unspecified atom stereocenters. The highest BCUT2D eigenvalue weighted by molar-refractivity contribution is 6.31. The van der Waals surface area contributed by atoms with Gasteiger partial charge in [0, 0.05) is 30.9 Å². The van der Waals surface area contributed by atoms with Crippen molar-refractivity contribution in [2.75, 3.05) is 19.0 Å². The molecule has 0 amide bonds. The van der Waals surface area contributed by atoms with E-state index in [2.05, 4.69) is 34.1 Å². The third kappa shape index (κ3) is 3.09. The molecule has 1 heterocycles. The third-order valence-corrected chi connectivity index (χ3v) is 3.43. The molecule has 1 aromatic heterocycles. The van der Waals surface area contributed by atoms with Crippen molar-refractivity contribution in [3.05, 3.63) is 58.9 Å². The van der Waals surface area contributed by atoms with Crippen LogP contribution < -0.4 is 4.90 Å². The number of oxazole rings is 1. The van der Waals surface area contributed by atoms with Gasteiger partial charge in [0.2, 0.25) is 5.89 Å². The molecule has 0 aliphatic carbocycles. The molecular weight excluding hydrogens is 284 g/mol. The van der Waals surface area contributed by atoms with Crippen LogP contribution in [0.15, 0.2) is 46.9 Å². The standard InChI is InChI=1S/C17H15ClN2O/c1-20(2)14-7-3-12(4-8-14)5-10-17-19-15-11-13(18)6-9-16(15)21-17/h3-11H,1-2H3/b10-5+. The molecular formula is C17H15ClN2O. The monoisotopic (exact) mass is 298 g/mol. The van der Waals surface area contributed by atoms with Crippen molar-refractivity contribution in [1.82, 2.24) is 4.98 Å². The lowest BCUT2D eigenvalue weighted by Gasteiger charge is -2.11. The number of fused-ring (bicyclic) bond motifs is 1. The SMILES string of the molecule is CN(C)c1ccc(/C=C/c2nc3cc(Cl)ccc3o2)cc1. The molecule has 0 saturated carbocycles. The molecule has 4 heteroatoms. The number of hydrogen-bond acceptors (Lipinski definition) is 3. The van der Waals surface area contributed by atoms with E-state index in [1.54, 1.807) is 12.1 Å². The largest absolute Gasteiger partial charge is 0.437 e. The zero-order valence-corrected chi connectivity index (χ0v) is 12.6. The molecule has 106 valence electrons. The minimum absolute atomic E-state index is 0.573. The van der Waals surface area contributed by atoms with Crippen LogP contribution >= 0.6 is 11.6 Å². The third-order valence-electron chi connectivity index (χ3n) is 3.19. The van der Waals surface area contributed by atoms with Gasteiger partial charge in [0.25, 0.3) is 0 Å². The normalized spacial score (nSPS) is 11.4. The van der Waals surface area contributed by atoms with Gasteiger partial charge in [-0.1, -0.05) is 23.7 Å². The molecule has 0 radical (unpaired) electrons. The first-order chi connectivity index (χ1) is 10.1. The molecule has 3 aromatic rings. The fourth-order valence-electron chi connectivity index (χ4n) is 2.04. The van der Waals surface area contributed by atoms with Gasteiger partial charge in [-0.25, -0.2) is 4.98 Å². The summed E-state index contributed by atoms with van der Waals surface area (Å²) in [6, 6.07) is 13.7.